The van der Waals surface area contributed by atoms with Crippen LogP contribution in [0.4, 0.5) is 0 Å². The number of likely N-dealkylation sites (tertiary alicyclic amines) is 1. The molecular formula is C13H15N3O2S. The van der Waals surface area contributed by atoms with Gasteiger partial charge in [0.05, 0.1) is 22.9 Å². The maximum absolute atomic E-state index is 12.2. The molecule has 19 heavy (non-hydrogen) atoms. The first-order valence-electron chi connectivity index (χ1n) is 5.98. The highest BCUT2D eigenvalue weighted by molar-refractivity contribution is 7.10. The van der Waals surface area contributed by atoms with Gasteiger partial charge in [-0.25, -0.2) is 0 Å². The van der Waals surface area contributed by atoms with E-state index in [4.69, 9.17) is 11.5 Å². The first-order chi connectivity index (χ1) is 9.11. The molecule has 0 radical (unpaired) electrons. The van der Waals surface area contributed by atoms with Crippen molar-refractivity contribution in [2.75, 3.05) is 19.6 Å². The molecule has 2 heterocycles. The zero-order valence-electron chi connectivity index (χ0n) is 10.4. The molecule has 1 aliphatic heterocycles. The van der Waals surface area contributed by atoms with Crippen LogP contribution in [0, 0.1) is 17.8 Å². The predicted octanol–water partition coefficient (Wildman–Crippen LogP) is 0.00570. The molecule has 5 nitrogen and oxygen atoms in total. The van der Waals surface area contributed by atoms with E-state index in [9.17, 15) is 9.59 Å². The van der Waals surface area contributed by atoms with Gasteiger partial charge in [-0.1, -0.05) is 11.8 Å². The van der Waals surface area contributed by atoms with Crippen LogP contribution in [0.1, 0.15) is 21.7 Å². The fourth-order valence-corrected chi connectivity index (χ4v) is 2.76. The van der Waals surface area contributed by atoms with Gasteiger partial charge in [-0.3, -0.25) is 9.59 Å². The Labute approximate surface area is 115 Å². The third kappa shape index (κ3) is 3.13. The zero-order chi connectivity index (χ0) is 13.8. The Morgan fingerprint density at radius 2 is 2.32 bits per heavy atom. The van der Waals surface area contributed by atoms with Crippen molar-refractivity contribution in [1.82, 2.24) is 4.90 Å². The highest BCUT2D eigenvalue weighted by Crippen LogP contribution is 2.21. The smallest absolute Gasteiger partial charge is 0.254 e. The van der Waals surface area contributed by atoms with E-state index in [1.54, 1.807) is 16.3 Å². The van der Waals surface area contributed by atoms with Crippen molar-refractivity contribution < 1.29 is 9.59 Å². The molecule has 4 N–H and O–H groups in total. The minimum absolute atomic E-state index is 0.0687. The number of primary amides is 1. The van der Waals surface area contributed by atoms with Crippen LogP contribution in [0.2, 0.25) is 0 Å². The molecule has 1 saturated heterocycles. The standard InChI is InChI=1S/C13H15N3O2S/c14-4-1-2-11-6-10(8-19-11)13(18)16-5-3-9(7-16)12(15)17/h6,8-9H,3-5,7,14H2,(H2,15,17). The second-order valence-electron chi connectivity index (χ2n) is 4.34. The van der Waals surface area contributed by atoms with Crippen molar-refractivity contribution >= 4 is 23.2 Å². The number of nitrogens with two attached hydrogens (primary N) is 2. The van der Waals surface area contributed by atoms with Crippen molar-refractivity contribution in [3.63, 3.8) is 0 Å². The van der Waals surface area contributed by atoms with E-state index >= 15 is 0 Å². The average molecular weight is 277 g/mol. The van der Waals surface area contributed by atoms with Crippen molar-refractivity contribution in [3.8, 4) is 11.8 Å². The Kier molecular flexibility index (Phi) is 4.20. The van der Waals surface area contributed by atoms with Crippen LogP contribution in [0.3, 0.4) is 0 Å². The number of amides is 2. The van der Waals surface area contributed by atoms with Crippen molar-refractivity contribution in [3.05, 3.63) is 21.9 Å². The summed E-state index contributed by atoms with van der Waals surface area (Å²) in [6.45, 7) is 1.29. The first-order valence-corrected chi connectivity index (χ1v) is 6.86. The summed E-state index contributed by atoms with van der Waals surface area (Å²) in [6.07, 6.45) is 0.644. The van der Waals surface area contributed by atoms with Crippen molar-refractivity contribution in [2.45, 2.75) is 6.42 Å². The summed E-state index contributed by atoms with van der Waals surface area (Å²) in [5, 5.41) is 1.78. The van der Waals surface area contributed by atoms with E-state index in [0.29, 0.717) is 31.6 Å². The quantitative estimate of drug-likeness (QED) is 0.746. The number of carbonyl (C=O) groups is 2. The number of rotatable bonds is 2. The third-order valence-corrected chi connectivity index (χ3v) is 3.88. The number of thiophene rings is 1. The van der Waals surface area contributed by atoms with E-state index in [0.717, 1.165) is 4.88 Å². The molecule has 1 atom stereocenters. The number of hydrogen-bond donors (Lipinski definition) is 2. The second kappa shape index (κ2) is 5.87. The van der Waals surface area contributed by atoms with E-state index < -0.39 is 0 Å². The Morgan fingerprint density at radius 3 is 2.95 bits per heavy atom. The van der Waals surface area contributed by atoms with Crippen LogP contribution >= 0.6 is 11.3 Å². The molecule has 2 rings (SSSR count). The lowest BCUT2D eigenvalue weighted by atomic mass is 10.1. The van der Waals surface area contributed by atoms with Gasteiger partial charge >= 0.3 is 0 Å². The van der Waals surface area contributed by atoms with Gasteiger partial charge in [0.1, 0.15) is 0 Å². The van der Waals surface area contributed by atoms with Gasteiger partial charge in [-0.15, -0.1) is 11.3 Å². The molecule has 1 aromatic rings. The maximum Gasteiger partial charge on any atom is 0.254 e. The van der Waals surface area contributed by atoms with Crippen LogP contribution in [0.15, 0.2) is 11.4 Å². The van der Waals surface area contributed by atoms with Crippen LogP contribution in [-0.2, 0) is 4.79 Å². The number of carbonyl (C=O) groups excluding carboxylic acids is 2. The summed E-state index contributed by atoms with van der Waals surface area (Å²) in [5.41, 5.74) is 11.2. The predicted molar refractivity (Wildman–Crippen MR) is 73.5 cm³/mol. The SMILES string of the molecule is NCC#Cc1cc(C(=O)N2CCC(C(N)=O)C2)cs1. The van der Waals surface area contributed by atoms with E-state index in [2.05, 4.69) is 11.8 Å². The number of nitrogens with zero attached hydrogens (tertiary/aromatic N) is 1. The molecule has 1 fully saturated rings. The largest absolute Gasteiger partial charge is 0.369 e. The third-order valence-electron chi connectivity index (χ3n) is 3.04. The summed E-state index contributed by atoms with van der Waals surface area (Å²) in [5.74, 6) is 5.02. The zero-order valence-corrected chi connectivity index (χ0v) is 11.2. The first kappa shape index (κ1) is 13.6. The molecule has 1 aromatic heterocycles. The fraction of sp³-hybridized carbons (Fsp3) is 0.385. The summed E-state index contributed by atoms with van der Waals surface area (Å²) in [7, 11) is 0. The summed E-state index contributed by atoms with van der Waals surface area (Å²) in [4.78, 5) is 25.8. The Balaban J connectivity index is 2.04. The molecule has 0 aliphatic carbocycles. The minimum atomic E-state index is -0.338. The van der Waals surface area contributed by atoms with Gasteiger partial charge in [-0.05, 0) is 12.5 Å². The Morgan fingerprint density at radius 1 is 1.53 bits per heavy atom. The highest BCUT2D eigenvalue weighted by Gasteiger charge is 2.30. The van der Waals surface area contributed by atoms with E-state index in [-0.39, 0.29) is 17.7 Å². The van der Waals surface area contributed by atoms with Gasteiger partial charge < -0.3 is 16.4 Å². The van der Waals surface area contributed by atoms with E-state index in [1.807, 2.05) is 0 Å². The minimum Gasteiger partial charge on any atom is -0.369 e. The van der Waals surface area contributed by atoms with Gasteiger partial charge in [0.2, 0.25) is 5.91 Å². The van der Waals surface area contributed by atoms with Crippen molar-refractivity contribution in [2.24, 2.45) is 17.4 Å². The maximum atomic E-state index is 12.2. The molecule has 0 spiro atoms. The Bertz CT molecular complexity index is 556. The lowest BCUT2D eigenvalue weighted by Crippen LogP contribution is -2.31. The summed E-state index contributed by atoms with van der Waals surface area (Å²) >= 11 is 1.42. The monoisotopic (exact) mass is 277 g/mol. The molecule has 0 saturated carbocycles. The second-order valence-corrected chi connectivity index (χ2v) is 5.26. The van der Waals surface area contributed by atoms with Crippen LogP contribution in [-0.4, -0.2) is 36.3 Å². The number of hydrogen-bond acceptors (Lipinski definition) is 4. The van der Waals surface area contributed by atoms with Crippen LogP contribution in [0.5, 0.6) is 0 Å². The van der Waals surface area contributed by atoms with Gasteiger partial charge in [0, 0.05) is 18.5 Å². The molecule has 0 bridgehead atoms. The lowest BCUT2D eigenvalue weighted by Gasteiger charge is -2.14. The van der Waals surface area contributed by atoms with Crippen LogP contribution < -0.4 is 11.5 Å². The molecule has 6 heteroatoms. The lowest BCUT2D eigenvalue weighted by molar-refractivity contribution is -0.121. The molecule has 2 amide bonds. The average Bonchev–Trinajstić information content (AvgIpc) is 3.04. The topological polar surface area (TPSA) is 89.4 Å². The summed E-state index contributed by atoms with van der Waals surface area (Å²) < 4.78 is 0. The Hall–Kier alpha value is -1.84. The fourth-order valence-electron chi connectivity index (χ4n) is 2.01. The molecule has 0 aromatic carbocycles. The van der Waals surface area contributed by atoms with E-state index in [1.165, 1.54) is 11.3 Å². The highest BCUT2D eigenvalue weighted by atomic mass is 32.1. The molecule has 1 unspecified atom stereocenters. The van der Waals surface area contributed by atoms with Crippen molar-refractivity contribution in [1.29, 1.82) is 0 Å². The molecule has 100 valence electrons. The van der Waals surface area contributed by atoms with Gasteiger partial charge in [-0.2, -0.15) is 0 Å². The van der Waals surface area contributed by atoms with Gasteiger partial charge in [0.25, 0.3) is 5.91 Å². The normalized spacial score (nSPS) is 17.9. The molecular weight excluding hydrogens is 262 g/mol. The van der Waals surface area contributed by atoms with Gasteiger partial charge in [0.15, 0.2) is 0 Å². The molecule has 1 aliphatic rings. The summed E-state index contributed by atoms with van der Waals surface area (Å²) in [6, 6.07) is 1.76. The van der Waals surface area contributed by atoms with Crippen LogP contribution in [0.25, 0.3) is 0 Å².